The molecule has 0 aromatic heterocycles. The number of nitrogens with zero attached hydrogens (tertiary/aromatic N) is 1. The fourth-order valence-corrected chi connectivity index (χ4v) is 2.21. The Kier molecular flexibility index (Phi) is 6.63. The highest BCUT2D eigenvalue weighted by atomic mass is 16.5. The Bertz CT molecular complexity index is 294. The molecule has 0 aromatic carbocycles. The average molecular weight is 270 g/mol. The summed E-state index contributed by atoms with van der Waals surface area (Å²) in [6, 6.07) is 0.311. The van der Waals surface area contributed by atoms with E-state index < -0.39 is 0 Å². The first-order valence-electron chi connectivity index (χ1n) is 7.58. The minimum atomic E-state index is -0.195. The SMILES string of the molecule is CCC(C)CCC(CC)OCCC1(C)COC(N)=N1. The van der Waals surface area contributed by atoms with Crippen LogP contribution in [0.15, 0.2) is 4.99 Å². The maximum atomic E-state index is 5.98. The molecule has 1 heterocycles. The van der Waals surface area contributed by atoms with Gasteiger partial charge in [0.2, 0.25) is 0 Å². The van der Waals surface area contributed by atoms with E-state index in [-0.39, 0.29) is 5.54 Å². The number of hydrogen-bond acceptors (Lipinski definition) is 4. The minimum absolute atomic E-state index is 0.195. The van der Waals surface area contributed by atoms with Crippen LogP contribution in [0.1, 0.15) is 59.8 Å². The molecule has 4 heteroatoms. The van der Waals surface area contributed by atoms with Crippen molar-refractivity contribution in [1.82, 2.24) is 0 Å². The second-order valence-electron chi connectivity index (χ2n) is 5.98. The van der Waals surface area contributed by atoms with E-state index in [2.05, 4.69) is 32.7 Å². The van der Waals surface area contributed by atoms with Crippen molar-refractivity contribution in [2.24, 2.45) is 16.6 Å². The van der Waals surface area contributed by atoms with Gasteiger partial charge in [0.15, 0.2) is 0 Å². The van der Waals surface area contributed by atoms with Gasteiger partial charge in [-0.1, -0.05) is 27.2 Å². The van der Waals surface area contributed by atoms with Gasteiger partial charge in [0.1, 0.15) is 6.61 Å². The van der Waals surface area contributed by atoms with Crippen molar-refractivity contribution < 1.29 is 9.47 Å². The molecule has 3 unspecified atom stereocenters. The number of hydrogen-bond donors (Lipinski definition) is 1. The van der Waals surface area contributed by atoms with Crippen LogP contribution in [-0.2, 0) is 9.47 Å². The van der Waals surface area contributed by atoms with E-state index >= 15 is 0 Å². The molecule has 0 saturated carbocycles. The summed E-state index contributed by atoms with van der Waals surface area (Å²) in [6.45, 7) is 10.1. The van der Waals surface area contributed by atoms with Crippen molar-refractivity contribution in [3.05, 3.63) is 0 Å². The molecule has 0 amide bonds. The van der Waals surface area contributed by atoms with Gasteiger partial charge in [0.25, 0.3) is 6.02 Å². The van der Waals surface area contributed by atoms with E-state index in [1.54, 1.807) is 0 Å². The van der Waals surface area contributed by atoms with Gasteiger partial charge >= 0.3 is 0 Å². The van der Waals surface area contributed by atoms with Crippen LogP contribution < -0.4 is 5.73 Å². The predicted octanol–water partition coefficient (Wildman–Crippen LogP) is 3.10. The highest BCUT2D eigenvalue weighted by molar-refractivity contribution is 5.73. The van der Waals surface area contributed by atoms with Gasteiger partial charge in [-0.15, -0.1) is 0 Å². The summed E-state index contributed by atoms with van der Waals surface area (Å²) in [5.41, 5.74) is 5.36. The van der Waals surface area contributed by atoms with Crippen molar-refractivity contribution in [2.75, 3.05) is 13.2 Å². The number of amidine groups is 1. The lowest BCUT2D eigenvalue weighted by Gasteiger charge is -2.22. The first-order chi connectivity index (χ1) is 8.99. The third kappa shape index (κ3) is 5.81. The maximum absolute atomic E-state index is 5.98. The van der Waals surface area contributed by atoms with Crippen LogP contribution in [0.25, 0.3) is 0 Å². The lowest BCUT2D eigenvalue weighted by atomic mass is 9.99. The molecule has 2 N–H and O–H groups in total. The molecule has 0 fully saturated rings. The molecule has 1 rings (SSSR count). The maximum Gasteiger partial charge on any atom is 0.282 e. The van der Waals surface area contributed by atoms with Gasteiger partial charge in [-0.05, 0) is 38.5 Å². The molecule has 19 heavy (non-hydrogen) atoms. The van der Waals surface area contributed by atoms with Gasteiger partial charge in [0.05, 0.1) is 11.6 Å². The molecular weight excluding hydrogens is 240 g/mol. The Labute approximate surface area is 117 Å². The third-order valence-corrected chi connectivity index (χ3v) is 4.04. The summed E-state index contributed by atoms with van der Waals surface area (Å²) in [4.78, 5) is 4.32. The molecule has 0 saturated heterocycles. The normalized spacial score (nSPS) is 25.8. The second-order valence-corrected chi connectivity index (χ2v) is 5.98. The number of nitrogens with two attached hydrogens (primary N) is 1. The van der Waals surface area contributed by atoms with Crippen LogP contribution in [0.5, 0.6) is 0 Å². The van der Waals surface area contributed by atoms with Crippen LogP contribution in [0.4, 0.5) is 0 Å². The van der Waals surface area contributed by atoms with Gasteiger partial charge < -0.3 is 15.2 Å². The monoisotopic (exact) mass is 270 g/mol. The molecule has 0 spiro atoms. The first kappa shape index (κ1) is 16.3. The lowest BCUT2D eigenvalue weighted by Crippen LogP contribution is -2.27. The first-order valence-corrected chi connectivity index (χ1v) is 7.58. The van der Waals surface area contributed by atoms with E-state index in [9.17, 15) is 0 Å². The van der Waals surface area contributed by atoms with E-state index in [1.165, 1.54) is 12.8 Å². The van der Waals surface area contributed by atoms with Crippen LogP contribution in [-0.4, -0.2) is 30.9 Å². The van der Waals surface area contributed by atoms with Gasteiger partial charge in [-0.25, -0.2) is 4.99 Å². The highest BCUT2D eigenvalue weighted by Crippen LogP contribution is 2.22. The molecule has 4 nitrogen and oxygen atoms in total. The smallest absolute Gasteiger partial charge is 0.282 e. The van der Waals surface area contributed by atoms with Crippen molar-refractivity contribution in [2.45, 2.75) is 71.4 Å². The molecule has 3 atom stereocenters. The largest absolute Gasteiger partial charge is 0.463 e. The van der Waals surface area contributed by atoms with Crippen LogP contribution in [0.3, 0.4) is 0 Å². The third-order valence-electron chi connectivity index (χ3n) is 4.04. The van der Waals surface area contributed by atoms with Gasteiger partial charge in [-0.3, -0.25) is 0 Å². The number of aliphatic imine (C=N–C) groups is 1. The predicted molar refractivity (Wildman–Crippen MR) is 79.3 cm³/mol. The zero-order valence-electron chi connectivity index (χ0n) is 12.9. The zero-order chi connectivity index (χ0) is 14.3. The zero-order valence-corrected chi connectivity index (χ0v) is 12.9. The Morgan fingerprint density at radius 3 is 2.63 bits per heavy atom. The van der Waals surface area contributed by atoms with Crippen molar-refractivity contribution in [1.29, 1.82) is 0 Å². The van der Waals surface area contributed by atoms with E-state index in [0.717, 1.165) is 31.8 Å². The molecule has 1 aliphatic heterocycles. The molecular formula is C15H30N2O2. The average Bonchev–Trinajstić information content (AvgIpc) is 2.73. The number of rotatable bonds is 9. The van der Waals surface area contributed by atoms with Gasteiger partial charge in [-0.2, -0.15) is 0 Å². The van der Waals surface area contributed by atoms with E-state index in [0.29, 0.717) is 18.7 Å². The summed E-state index contributed by atoms with van der Waals surface area (Å²) < 4.78 is 11.2. The van der Waals surface area contributed by atoms with Crippen molar-refractivity contribution in [3.8, 4) is 0 Å². The quantitative estimate of drug-likeness (QED) is 0.700. The summed E-state index contributed by atoms with van der Waals surface area (Å²) in [5, 5.41) is 0. The van der Waals surface area contributed by atoms with Crippen molar-refractivity contribution >= 4 is 6.02 Å². The Morgan fingerprint density at radius 1 is 1.37 bits per heavy atom. The molecule has 0 aromatic rings. The second kappa shape index (κ2) is 7.73. The van der Waals surface area contributed by atoms with Crippen LogP contribution in [0, 0.1) is 5.92 Å². The lowest BCUT2D eigenvalue weighted by molar-refractivity contribution is 0.0297. The summed E-state index contributed by atoms with van der Waals surface area (Å²) in [7, 11) is 0. The molecule has 1 aliphatic rings. The fraction of sp³-hybridized carbons (Fsp3) is 0.933. The van der Waals surface area contributed by atoms with Crippen LogP contribution >= 0.6 is 0 Å². The van der Waals surface area contributed by atoms with E-state index in [1.807, 2.05) is 0 Å². The van der Waals surface area contributed by atoms with E-state index in [4.69, 9.17) is 15.2 Å². The molecule has 0 bridgehead atoms. The minimum Gasteiger partial charge on any atom is -0.463 e. The molecule has 112 valence electrons. The Balaban J connectivity index is 2.22. The van der Waals surface area contributed by atoms with Crippen molar-refractivity contribution in [3.63, 3.8) is 0 Å². The Morgan fingerprint density at radius 2 is 2.11 bits per heavy atom. The highest BCUT2D eigenvalue weighted by Gasteiger charge is 2.30. The summed E-state index contributed by atoms with van der Waals surface area (Å²) in [5.74, 6) is 0.794. The summed E-state index contributed by atoms with van der Waals surface area (Å²) >= 11 is 0. The Hall–Kier alpha value is -0.770. The van der Waals surface area contributed by atoms with Gasteiger partial charge in [0, 0.05) is 6.61 Å². The van der Waals surface area contributed by atoms with Crippen LogP contribution in [0.2, 0.25) is 0 Å². The fourth-order valence-electron chi connectivity index (χ4n) is 2.21. The summed E-state index contributed by atoms with van der Waals surface area (Å²) in [6.07, 6.45) is 5.98. The topological polar surface area (TPSA) is 56.8 Å². The standard InChI is InChI=1S/C15H30N2O2/c1-5-12(3)7-8-13(6-2)18-10-9-15(4)11-19-14(16)17-15/h12-13H,5-11H2,1-4H3,(H2,16,17). The molecule has 0 radical (unpaired) electrons. The molecule has 0 aliphatic carbocycles. The number of ether oxygens (including phenoxy) is 2.